The van der Waals surface area contributed by atoms with Crippen LogP contribution in [-0.4, -0.2) is 43.0 Å². The molecule has 2 aromatic rings. The summed E-state index contributed by atoms with van der Waals surface area (Å²) >= 11 is 0. The first-order valence-corrected chi connectivity index (χ1v) is 12.5. The van der Waals surface area contributed by atoms with Crippen LogP contribution in [0.15, 0.2) is 48.5 Å². The first-order valence-electron chi connectivity index (χ1n) is 12.5. The number of aryl methyl sites for hydroxylation is 1. The number of β-amino-alcohol motifs (C(OH)–C–C–N with tert-alkyl or cyclic N) is 1. The molecule has 0 saturated carbocycles. The third-order valence-electron chi connectivity index (χ3n) is 6.84. The Kier molecular flexibility index (Phi) is 9.69. The van der Waals surface area contributed by atoms with Gasteiger partial charge in [0.25, 0.3) is 0 Å². The maximum atomic E-state index is 11.4. The number of ether oxygens (including phenoxy) is 2. The normalized spacial score (nSPS) is 15.7. The first-order chi connectivity index (χ1) is 16.3. The van der Waals surface area contributed by atoms with Crippen LogP contribution >= 0.6 is 0 Å². The van der Waals surface area contributed by atoms with Crippen molar-refractivity contribution in [1.82, 2.24) is 5.32 Å². The second-order valence-corrected chi connectivity index (χ2v) is 10.3. The lowest BCUT2D eigenvalue weighted by Gasteiger charge is -2.31. The van der Waals surface area contributed by atoms with Gasteiger partial charge in [0.15, 0.2) is 0 Å². The number of fused-ring (bicyclic) bond motifs is 1. The Labute approximate surface area is 204 Å². The Bertz CT molecular complexity index is 901. The summed E-state index contributed by atoms with van der Waals surface area (Å²) in [5.74, 6) is 0.460. The molecule has 0 saturated heterocycles. The summed E-state index contributed by atoms with van der Waals surface area (Å²) in [6.45, 7) is 7.23. The topological polar surface area (TPSA) is 67.8 Å². The Hall–Kier alpha value is -2.21. The van der Waals surface area contributed by atoms with Crippen LogP contribution in [0.5, 0.6) is 0 Å². The van der Waals surface area contributed by atoms with E-state index in [1.165, 1.54) is 23.8 Å². The molecule has 0 amide bonds. The number of carbonyl (C=O) groups is 1. The van der Waals surface area contributed by atoms with Crippen LogP contribution in [0.25, 0.3) is 0 Å². The molecule has 0 aliphatic heterocycles. The molecule has 34 heavy (non-hydrogen) atoms. The Morgan fingerprint density at radius 3 is 2.44 bits per heavy atom. The molecule has 186 valence electrons. The van der Waals surface area contributed by atoms with E-state index in [1.807, 2.05) is 19.1 Å². The van der Waals surface area contributed by atoms with Gasteiger partial charge in [-0.1, -0.05) is 48.5 Å². The number of methoxy groups -OCH3 is 1. The molecule has 0 aromatic heterocycles. The van der Waals surface area contributed by atoms with Crippen LogP contribution in [0.1, 0.15) is 68.4 Å². The van der Waals surface area contributed by atoms with Crippen molar-refractivity contribution in [3.05, 3.63) is 70.8 Å². The van der Waals surface area contributed by atoms with E-state index in [4.69, 9.17) is 9.47 Å². The van der Waals surface area contributed by atoms with E-state index in [1.54, 1.807) is 0 Å². The van der Waals surface area contributed by atoms with Crippen molar-refractivity contribution < 1.29 is 19.4 Å². The largest absolute Gasteiger partial charge is 0.469 e. The zero-order valence-corrected chi connectivity index (χ0v) is 21.2. The molecule has 0 radical (unpaired) electrons. The van der Waals surface area contributed by atoms with Crippen molar-refractivity contribution in [3.63, 3.8) is 0 Å². The number of benzene rings is 2. The molecule has 1 aliphatic carbocycles. The van der Waals surface area contributed by atoms with Gasteiger partial charge < -0.3 is 19.9 Å². The first kappa shape index (κ1) is 26.4. The second-order valence-electron chi connectivity index (χ2n) is 10.3. The molecule has 2 atom stereocenters. The van der Waals surface area contributed by atoms with Gasteiger partial charge in [0.05, 0.1) is 25.9 Å². The minimum Gasteiger partial charge on any atom is -0.469 e. The predicted octanol–water partition coefficient (Wildman–Crippen LogP) is 4.79. The molecule has 0 fully saturated rings. The summed E-state index contributed by atoms with van der Waals surface area (Å²) in [5, 5.41) is 14.1. The molecular formula is C29H41NO4. The highest BCUT2D eigenvalue weighted by molar-refractivity contribution is 5.69. The fourth-order valence-corrected chi connectivity index (χ4v) is 5.07. The van der Waals surface area contributed by atoms with E-state index < -0.39 is 6.10 Å². The third kappa shape index (κ3) is 7.93. The summed E-state index contributed by atoms with van der Waals surface area (Å²) in [5.41, 5.74) is 5.19. The minimum atomic E-state index is -0.575. The van der Waals surface area contributed by atoms with E-state index >= 15 is 0 Å². The molecule has 1 unspecified atom stereocenters. The van der Waals surface area contributed by atoms with Gasteiger partial charge in [0, 0.05) is 18.5 Å². The van der Waals surface area contributed by atoms with Gasteiger partial charge in [-0.05, 0) is 81.0 Å². The summed E-state index contributed by atoms with van der Waals surface area (Å²) in [4.78, 5) is 11.4. The predicted molar refractivity (Wildman–Crippen MR) is 136 cm³/mol. The number of aliphatic hydroxyl groups is 1. The maximum absolute atomic E-state index is 11.4. The van der Waals surface area contributed by atoms with E-state index in [-0.39, 0.29) is 24.2 Å². The molecule has 5 nitrogen and oxygen atoms in total. The molecule has 1 aliphatic rings. The summed E-state index contributed by atoms with van der Waals surface area (Å²) in [6.07, 6.45) is 4.60. The van der Waals surface area contributed by atoms with Gasteiger partial charge in [0.2, 0.25) is 0 Å². The molecule has 2 aromatic carbocycles. The van der Waals surface area contributed by atoms with Gasteiger partial charge in [0.1, 0.15) is 0 Å². The number of esters is 1. The van der Waals surface area contributed by atoms with E-state index in [2.05, 4.69) is 55.6 Å². The van der Waals surface area contributed by atoms with Crippen LogP contribution in [-0.2, 0) is 33.5 Å². The number of rotatable bonds is 13. The molecule has 0 spiro atoms. The van der Waals surface area contributed by atoms with Gasteiger partial charge in [-0.15, -0.1) is 0 Å². The third-order valence-corrected chi connectivity index (χ3v) is 6.84. The van der Waals surface area contributed by atoms with Crippen molar-refractivity contribution in [2.75, 3.05) is 20.3 Å². The molecule has 0 heterocycles. The fraction of sp³-hybridized carbons (Fsp3) is 0.552. The number of nitrogens with one attached hydrogen (secondary N) is 1. The SMILES string of the molecule is COC(=O)CCCc1ccccc1[C@@H](C)OCC(O)CNC(C)(C)CC1Cc2ccccc2C1. The summed E-state index contributed by atoms with van der Waals surface area (Å²) in [6, 6.07) is 16.9. The summed E-state index contributed by atoms with van der Waals surface area (Å²) in [7, 11) is 1.42. The van der Waals surface area contributed by atoms with Crippen LogP contribution in [0, 0.1) is 5.92 Å². The van der Waals surface area contributed by atoms with Gasteiger partial charge in [-0.2, -0.15) is 0 Å². The smallest absolute Gasteiger partial charge is 0.305 e. The highest BCUT2D eigenvalue weighted by Gasteiger charge is 2.28. The Morgan fingerprint density at radius 1 is 1.12 bits per heavy atom. The van der Waals surface area contributed by atoms with Crippen molar-refractivity contribution in [1.29, 1.82) is 0 Å². The zero-order valence-electron chi connectivity index (χ0n) is 21.2. The number of hydrogen-bond donors (Lipinski definition) is 2. The monoisotopic (exact) mass is 467 g/mol. The van der Waals surface area contributed by atoms with E-state index in [9.17, 15) is 9.90 Å². The Balaban J connectivity index is 1.41. The average Bonchev–Trinajstić information content (AvgIpc) is 3.23. The lowest BCUT2D eigenvalue weighted by atomic mass is 9.88. The van der Waals surface area contributed by atoms with Crippen molar-refractivity contribution in [3.8, 4) is 0 Å². The molecular weight excluding hydrogens is 426 g/mol. The maximum Gasteiger partial charge on any atom is 0.305 e. The standard InChI is InChI=1S/C29H41NO4/c1-21(27-14-8-7-10-23(27)13-9-15-28(32)33-4)34-20-26(31)19-30-29(2,3)18-22-16-24-11-5-6-12-25(24)17-22/h5-8,10-12,14,21-22,26,30-31H,9,13,15-20H2,1-4H3/t21-,26?/m1/s1. The number of aliphatic hydroxyl groups excluding tert-OH is 1. The van der Waals surface area contributed by atoms with Crippen LogP contribution in [0.4, 0.5) is 0 Å². The second kappa shape index (κ2) is 12.5. The quantitative estimate of drug-likeness (QED) is 0.415. The van der Waals surface area contributed by atoms with Gasteiger partial charge >= 0.3 is 5.97 Å². The van der Waals surface area contributed by atoms with Crippen LogP contribution < -0.4 is 5.32 Å². The lowest BCUT2D eigenvalue weighted by molar-refractivity contribution is -0.140. The average molecular weight is 468 g/mol. The van der Waals surface area contributed by atoms with Crippen molar-refractivity contribution >= 4 is 5.97 Å². The van der Waals surface area contributed by atoms with Crippen LogP contribution in [0.2, 0.25) is 0 Å². The number of carbonyl (C=O) groups excluding carboxylic acids is 1. The van der Waals surface area contributed by atoms with Crippen molar-refractivity contribution in [2.45, 2.75) is 77.0 Å². The highest BCUT2D eigenvalue weighted by Crippen LogP contribution is 2.32. The molecule has 3 rings (SSSR count). The van der Waals surface area contributed by atoms with Crippen LogP contribution in [0.3, 0.4) is 0 Å². The summed E-state index contributed by atoms with van der Waals surface area (Å²) < 4.78 is 10.8. The van der Waals surface area contributed by atoms with E-state index in [0.717, 1.165) is 37.7 Å². The highest BCUT2D eigenvalue weighted by atomic mass is 16.5. The van der Waals surface area contributed by atoms with Gasteiger partial charge in [-0.25, -0.2) is 0 Å². The minimum absolute atomic E-state index is 0.0501. The van der Waals surface area contributed by atoms with Crippen molar-refractivity contribution in [2.24, 2.45) is 5.92 Å². The zero-order chi connectivity index (χ0) is 24.6. The lowest BCUT2D eigenvalue weighted by Crippen LogP contribution is -2.45. The molecule has 5 heteroatoms. The number of hydrogen-bond acceptors (Lipinski definition) is 5. The van der Waals surface area contributed by atoms with E-state index in [0.29, 0.717) is 18.9 Å². The fourth-order valence-electron chi connectivity index (χ4n) is 5.07. The molecule has 0 bridgehead atoms. The van der Waals surface area contributed by atoms with Gasteiger partial charge in [-0.3, -0.25) is 4.79 Å². The molecule has 2 N–H and O–H groups in total. The Morgan fingerprint density at radius 2 is 1.76 bits per heavy atom.